The maximum absolute atomic E-state index is 14.4. The van der Waals surface area contributed by atoms with Gasteiger partial charge in [0.2, 0.25) is 0 Å². The van der Waals surface area contributed by atoms with E-state index in [0.29, 0.717) is 5.92 Å². The zero-order valence-corrected chi connectivity index (χ0v) is 16.0. The Bertz CT molecular complexity index is 345. The van der Waals surface area contributed by atoms with E-state index in [4.69, 9.17) is 0 Å². The summed E-state index contributed by atoms with van der Waals surface area (Å²) in [6, 6.07) is 0. The van der Waals surface area contributed by atoms with Gasteiger partial charge in [0, 0.05) is 3.92 Å². The number of halogens is 3. The summed E-state index contributed by atoms with van der Waals surface area (Å²) in [5.74, 6) is 3.19. The van der Waals surface area contributed by atoms with Crippen LogP contribution < -0.4 is 0 Å². The monoisotopic (exact) mass is 424 g/mol. The van der Waals surface area contributed by atoms with Crippen molar-refractivity contribution in [1.82, 2.24) is 0 Å². The lowest BCUT2D eigenvalue weighted by atomic mass is 9.65. The average molecular weight is 424 g/mol. The van der Waals surface area contributed by atoms with Gasteiger partial charge in [-0.05, 0) is 81.0 Å². The van der Waals surface area contributed by atoms with Crippen LogP contribution in [0.2, 0.25) is 0 Å². The molecule has 0 heterocycles. The molecule has 3 aliphatic carbocycles. The first-order chi connectivity index (χ1) is 10.6. The summed E-state index contributed by atoms with van der Waals surface area (Å²) in [5.41, 5.74) is 0. The second-order valence-electron chi connectivity index (χ2n) is 8.34. The van der Waals surface area contributed by atoms with Gasteiger partial charge in [0.25, 0.3) is 0 Å². The van der Waals surface area contributed by atoms with E-state index in [0.717, 1.165) is 43.4 Å². The maximum Gasteiger partial charge on any atom is 0.143 e. The lowest BCUT2D eigenvalue weighted by Gasteiger charge is -2.42. The van der Waals surface area contributed by atoms with Crippen molar-refractivity contribution in [3.05, 3.63) is 0 Å². The van der Waals surface area contributed by atoms with Crippen molar-refractivity contribution in [1.29, 1.82) is 0 Å². The molecule has 0 saturated heterocycles. The van der Waals surface area contributed by atoms with Gasteiger partial charge in [-0.1, -0.05) is 42.4 Å². The highest BCUT2D eigenvalue weighted by Gasteiger charge is 2.43. The van der Waals surface area contributed by atoms with Crippen molar-refractivity contribution in [3.8, 4) is 0 Å². The lowest BCUT2D eigenvalue weighted by molar-refractivity contribution is 0.0215. The van der Waals surface area contributed by atoms with Crippen LogP contribution in [-0.4, -0.2) is 16.3 Å². The Kier molecular flexibility index (Phi) is 6.06. The fourth-order valence-electron chi connectivity index (χ4n) is 5.40. The van der Waals surface area contributed by atoms with Crippen LogP contribution in [0.25, 0.3) is 0 Å². The van der Waals surface area contributed by atoms with Crippen molar-refractivity contribution in [2.45, 2.75) is 87.4 Å². The van der Waals surface area contributed by atoms with Crippen LogP contribution in [0.3, 0.4) is 0 Å². The van der Waals surface area contributed by atoms with Crippen molar-refractivity contribution < 1.29 is 8.78 Å². The van der Waals surface area contributed by atoms with Gasteiger partial charge in [-0.25, -0.2) is 8.78 Å². The van der Waals surface area contributed by atoms with E-state index >= 15 is 0 Å². The molecule has 22 heavy (non-hydrogen) atoms. The molecule has 0 aromatic rings. The Hall–Kier alpha value is 0.590. The second kappa shape index (κ2) is 7.65. The third-order valence-electron chi connectivity index (χ3n) is 6.98. The van der Waals surface area contributed by atoms with Crippen LogP contribution in [0.4, 0.5) is 8.78 Å². The number of hydrogen-bond donors (Lipinski definition) is 0. The van der Waals surface area contributed by atoms with Crippen LogP contribution in [0, 0.1) is 29.6 Å². The standard InChI is InChI=1S/C19H31F2I/c1-12-2-4-13(5-3-12)14-6-8-15(9-7-14)16-10-11-17(22)19(21)18(16)20/h12-19H,2-11H2,1H3. The van der Waals surface area contributed by atoms with E-state index in [1.54, 1.807) is 0 Å². The van der Waals surface area contributed by atoms with E-state index in [2.05, 4.69) is 29.5 Å². The predicted octanol–water partition coefficient (Wildman–Crippen LogP) is 6.51. The quantitative estimate of drug-likeness (QED) is 0.350. The molecule has 128 valence electrons. The van der Waals surface area contributed by atoms with E-state index < -0.39 is 12.3 Å². The predicted molar refractivity (Wildman–Crippen MR) is 96.9 cm³/mol. The summed E-state index contributed by atoms with van der Waals surface area (Å²) < 4.78 is 28.3. The number of alkyl halides is 3. The van der Waals surface area contributed by atoms with E-state index in [1.807, 2.05) is 0 Å². The Morgan fingerprint density at radius 1 is 0.636 bits per heavy atom. The molecule has 0 aromatic carbocycles. The van der Waals surface area contributed by atoms with Gasteiger partial charge in [-0.3, -0.25) is 0 Å². The summed E-state index contributed by atoms with van der Waals surface area (Å²) in [6.45, 7) is 2.38. The fraction of sp³-hybridized carbons (Fsp3) is 1.00. The smallest absolute Gasteiger partial charge is 0.143 e. The van der Waals surface area contributed by atoms with E-state index in [-0.39, 0.29) is 9.84 Å². The largest absolute Gasteiger partial charge is 0.244 e. The molecule has 3 aliphatic rings. The first-order valence-electron chi connectivity index (χ1n) is 9.48. The van der Waals surface area contributed by atoms with Crippen molar-refractivity contribution in [3.63, 3.8) is 0 Å². The summed E-state index contributed by atoms with van der Waals surface area (Å²) in [5, 5.41) is 0. The number of hydrogen-bond acceptors (Lipinski definition) is 0. The molecule has 0 bridgehead atoms. The Balaban J connectivity index is 1.49. The van der Waals surface area contributed by atoms with Gasteiger partial charge < -0.3 is 0 Å². The highest BCUT2D eigenvalue weighted by atomic mass is 127. The third-order valence-corrected chi connectivity index (χ3v) is 8.29. The summed E-state index contributed by atoms with van der Waals surface area (Å²) in [6.07, 6.45) is 9.84. The SMILES string of the molecule is CC1CCC(C2CCC(C3CCC(I)C(F)C3F)CC2)CC1. The molecular weight excluding hydrogens is 393 g/mol. The van der Waals surface area contributed by atoms with Crippen molar-refractivity contribution in [2.75, 3.05) is 0 Å². The molecule has 3 rings (SSSR count). The molecule has 4 unspecified atom stereocenters. The van der Waals surface area contributed by atoms with Crippen LogP contribution in [-0.2, 0) is 0 Å². The summed E-state index contributed by atoms with van der Waals surface area (Å²) in [7, 11) is 0. The van der Waals surface area contributed by atoms with Crippen LogP contribution in [0.5, 0.6) is 0 Å². The minimum atomic E-state index is -1.23. The topological polar surface area (TPSA) is 0 Å². The molecule has 3 heteroatoms. The first-order valence-corrected chi connectivity index (χ1v) is 10.7. The van der Waals surface area contributed by atoms with Crippen molar-refractivity contribution >= 4 is 22.6 Å². The van der Waals surface area contributed by atoms with Gasteiger partial charge in [0.1, 0.15) is 12.3 Å². The zero-order chi connectivity index (χ0) is 15.7. The normalized spacial score (nSPS) is 50.7. The van der Waals surface area contributed by atoms with Crippen LogP contribution in [0.1, 0.15) is 71.1 Å². The lowest BCUT2D eigenvalue weighted by Crippen LogP contribution is -2.42. The van der Waals surface area contributed by atoms with Gasteiger partial charge in [-0.15, -0.1) is 0 Å². The second-order valence-corrected chi connectivity index (χ2v) is 9.94. The third kappa shape index (κ3) is 3.80. The van der Waals surface area contributed by atoms with Gasteiger partial charge >= 0.3 is 0 Å². The molecular formula is C19H31F2I. The summed E-state index contributed by atoms with van der Waals surface area (Å²) >= 11 is 2.10. The molecule has 0 aromatic heterocycles. The van der Waals surface area contributed by atoms with Crippen LogP contribution >= 0.6 is 22.6 Å². The molecule has 0 amide bonds. The molecule has 3 saturated carbocycles. The minimum absolute atomic E-state index is 0.00773. The summed E-state index contributed by atoms with van der Waals surface area (Å²) in [4.78, 5) is 0. The maximum atomic E-state index is 14.4. The highest BCUT2D eigenvalue weighted by Crippen LogP contribution is 2.47. The Labute approximate surface area is 148 Å². The van der Waals surface area contributed by atoms with E-state index in [1.165, 1.54) is 38.5 Å². The van der Waals surface area contributed by atoms with Gasteiger partial charge in [0.05, 0.1) is 0 Å². The molecule has 3 fully saturated rings. The fourth-order valence-corrected chi connectivity index (χ4v) is 6.16. The van der Waals surface area contributed by atoms with Gasteiger partial charge in [0.15, 0.2) is 0 Å². The van der Waals surface area contributed by atoms with Crippen molar-refractivity contribution in [2.24, 2.45) is 29.6 Å². The number of rotatable bonds is 2. The Morgan fingerprint density at radius 2 is 1.14 bits per heavy atom. The van der Waals surface area contributed by atoms with E-state index in [9.17, 15) is 8.78 Å². The molecule has 0 N–H and O–H groups in total. The molecule has 0 spiro atoms. The average Bonchev–Trinajstić information content (AvgIpc) is 2.54. The molecule has 0 radical (unpaired) electrons. The Morgan fingerprint density at radius 3 is 1.73 bits per heavy atom. The molecule has 0 nitrogen and oxygen atoms in total. The molecule has 0 aliphatic heterocycles. The van der Waals surface area contributed by atoms with Gasteiger partial charge in [-0.2, -0.15) is 0 Å². The van der Waals surface area contributed by atoms with Crippen LogP contribution in [0.15, 0.2) is 0 Å². The minimum Gasteiger partial charge on any atom is -0.244 e. The zero-order valence-electron chi connectivity index (χ0n) is 13.8. The first kappa shape index (κ1) is 17.4. The molecule has 4 atom stereocenters. The highest BCUT2D eigenvalue weighted by molar-refractivity contribution is 14.1.